The van der Waals surface area contributed by atoms with Crippen LogP contribution in [0, 0.1) is 0 Å². The number of Topliss-reactive ketones (excluding diaryl/α,β-unsaturated/α-hetero) is 3. The molecule has 0 aromatic carbocycles. The summed E-state index contributed by atoms with van der Waals surface area (Å²) in [4.78, 5) is 63.7. The smallest absolute Gasteiger partial charge is 0.335 e. The average molecular weight is 611 g/mol. The quantitative estimate of drug-likeness (QED) is 0.134. The lowest BCUT2D eigenvalue weighted by molar-refractivity contribution is -0.163. The summed E-state index contributed by atoms with van der Waals surface area (Å²) in [5.41, 5.74) is 0. The van der Waals surface area contributed by atoms with Crippen molar-refractivity contribution in [3.63, 3.8) is 0 Å². The number of hydrogen-bond donors (Lipinski definition) is 1. The third-order valence-electron chi connectivity index (χ3n) is 3.09. The fraction of sp³-hybridized carbons (Fsp3) is 0.793. The Bertz CT molecular complexity index is 590. The molecule has 2 unspecified atom stereocenters. The van der Waals surface area contributed by atoms with Gasteiger partial charge in [0, 0.05) is 28.3 Å². The second kappa shape index (κ2) is 53.5. The van der Waals surface area contributed by atoms with Gasteiger partial charge in [-0.15, -0.1) is 0 Å². The molecule has 0 aliphatic heterocycles. The average Bonchev–Trinajstić information content (AvgIpc) is 2.74. The van der Waals surface area contributed by atoms with E-state index in [1.165, 1.54) is 55.9 Å². The monoisotopic (exact) mass is 610 g/mol. The molecule has 0 saturated heterocycles. The van der Waals surface area contributed by atoms with Gasteiger partial charge in [0.15, 0.2) is 18.0 Å². The van der Waals surface area contributed by atoms with Crippen LogP contribution in [-0.2, 0) is 52.5 Å². The van der Waals surface area contributed by atoms with Crippen molar-refractivity contribution in [1.82, 2.24) is 0 Å². The van der Waals surface area contributed by atoms with E-state index in [4.69, 9.17) is 14.6 Å². The molecule has 12 heteroatoms. The highest BCUT2D eigenvalue weighted by Gasteiger charge is 2.22. The van der Waals surface area contributed by atoms with Crippen molar-refractivity contribution in [2.24, 2.45) is 0 Å². The molecule has 0 aliphatic rings. The van der Waals surface area contributed by atoms with Crippen molar-refractivity contribution >= 4 is 35.3 Å². The number of hydrogen-bond acceptors (Lipinski definition) is 12. The molecule has 258 valence electrons. The second-order valence-corrected chi connectivity index (χ2v) is 6.09. The van der Waals surface area contributed by atoms with Gasteiger partial charge >= 0.3 is 17.9 Å². The van der Waals surface area contributed by atoms with E-state index in [-0.39, 0.29) is 96.4 Å². The molecule has 12 nitrogen and oxygen atoms in total. The number of aliphatic hydroxyl groups is 1. The van der Waals surface area contributed by atoms with Crippen LogP contribution in [0.25, 0.3) is 0 Å². The molecule has 0 radical (unpaired) electrons. The molecule has 0 aromatic rings. The summed E-state index contributed by atoms with van der Waals surface area (Å²) in [6.45, 7) is 7.55. The predicted molar refractivity (Wildman–Crippen MR) is 170 cm³/mol. The number of carbonyl (C=O) groups is 6. The van der Waals surface area contributed by atoms with Crippen LogP contribution in [0.2, 0.25) is 0 Å². The SMILES string of the molecule is C.C.C.C.C.C.C.C.CO.COC(C)=O.COC(C)C(=O)OC(C)C(=O)CC(C)=O.COCCOC(=O)CC(C)=O. The van der Waals surface area contributed by atoms with Gasteiger partial charge in [0.25, 0.3) is 0 Å². The Balaban J connectivity index is -0.0000000292. The molecule has 0 saturated carbocycles. The Morgan fingerprint density at radius 3 is 1.27 bits per heavy atom. The number of methoxy groups -OCH3 is 3. The number of rotatable bonds is 11. The summed E-state index contributed by atoms with van der Waals surface area (Å²) in [5.74, 6) is -2.18. The minimum atomic E-state index is -0.904. The predicted octanol–water partition coefficient (Wildman–Crippen LogP) is 5.53. The lowest BCUT2D eigenvalue weighted by Crippen LogP contribution is -2.31. The Morgan fingerprint density at radius 2 is 1.00 bits per heavy atom. The summed E-state index contributed by atoms with van der Waals surface area (Å²) in [6, 6.07) is 0. The van der Waals surface area contributed by atoms with Gasteiger partial charge in [-0.25, -0.2) is 4.79 Å². The van der Waals surface area contributed by atoms with Crippen LogP contribution < -0.4 is 0 Å². The maximum atomic E-state index is 11.3. The van der Waals surface area contributed by atoms with Crippen LogP contribution in [-0.4, -0.2) is 94.2 Å². The van der Waals surface area contributed by atoms with Crippen molar-refractivity contribution in [2.75, 3.05) is 41.7 Å². The van der Waals surface area contributed by atoms with Crippen molar-refractivity contribution in [1.29, 1.82) is 0 Å². The van der Waals surface area contributed by atoms with Crippen LogP contribution in [0.1, 0.15) is 107 Å². The molecule has 41 heavy (non-hydrogen) atoms. The van der Waals surface area contributed by atoms with E-state index >= 15 is 0 Å². The number of ketones is 3. The summed E-state index contributed by atoms with van der Waals surface area (Å²) in [6.07, 6.45) is -1.98. The zero-order chi connectivity index (χ0) is 27.0. The Morgan fingerprint density at radius 1 is 0.634 bits per heavy atom. The lowest BCUT2D eigenvalue weighted by atomic mass is 10.1. The molecule has 0 heterocycles. The highest BCUT2D eigenvalue weighted by molar-refractivity contribution is 6.00. The summed E-state index contributed by atoms with van der Waals surface area (Å²) < 4.78 is 22.9. The minimum absolute atomic E-state index is 0. The van der Waals surface area contributed by atoms with Crippen LogP contribution in [0.5, 0.6) is 0 Å². The van der Waals surface area contributed by atoms with Crippen molar-refractivity contribution in [3.05, 3.63) is 0 Å². The third-order valence-corrected chi connectivity index (χ3v) is 3.09. The van der Waals surface area contributed by atoms with Gasteiger partial charge in [-0.2, -0.15) is 0 Å². The first kappa shape index (κ1) is 77.0. The van der Waals surface area contributed by atoms with Crippen LogP contribution in [0.3, 0.4) is 0 Å². The van der Waals surface area contributed by atoms with Crippen molar-refractivity contribution in [2.45, 2.75) is 119 Å². The molecule has 0 spiro atoms. The van der Waals surface area contributed by atoms with E-state index in [1.807, 2.05) is 0 Å². The van der Waals surface area contributed by atoms with Crippen molar-refractivity contribution in [3.8, 4) is 0 Å². The maximum Gasteiger partial charge on any atom is 0.335 e. The molecule has 0 fully saturated rings. The van der Waals surface area contributed by atoms with Gasteiger partial charge in [0.2, 0.25) is 0 Å². The van der Waals surface area contributed by atoms with Crippen LogP contribution >= 0.6 is 0 Å². The van der Waals surface area contributed by atoms with E-state index in [2.05, 4.69) is 14.2 Å². The number of aliphatic hydroxyl groups excluding tert-OH is 1. The number of carbonyl (C=O) groups excluding carboxylic acids is 6. The van der Waals surface area contributed by atoms with Crippen LogP contribution in [0.15, 0.2) is 0 Å². The maximum absolute atomic E-state index is 11.3. The molecule has 0 amide bonds. The van der Waals surface area contributed by atoms with E-state index < -0.39 is 29.9 Å². The fourth-order valence-corrected chi connectivity index (χ4v) is 1.31. The van der Waals surface area contributed by atoms with E-state index in [0.717, 1.165) is 7.11 Å². The lowest BCUT2D eigenvalue weighted by Gasteiger charge is -2.14. The zero-order valence-corrected chi connectivity index (χ0v) is 20.9. The van der Waals surface area contributed by atoms with Crippen molar-refractivity contribution < 1.29 is 57.6 Å². The Labute approximate surface area is 253 Å². The summed E-state index contributed by atoms with van der Waals surface area (Å²) in [5, 5.41) is 7.00. The highest BCUT2D eigenvalue weighted by atomic mass is 16.6. The normalized spacial score (nSPS) is 8.63. The summed E-state index contributed by atoms with van der Waals surface area (Å²) in [7, 11) is 5.23. The second-order valence-electron chi connectivity index (χ2n) is 6.09. The topological polar surface area (TPSA) is 169 Å². The first-order valence-electron chi connectivity index (χ1n) is 9.70. The van der Waals surface area contributed by atoms with Gasteiger partial charge in [-0.3, -0.25) is 24.0 Å². The number of esters is 3. The molecule has 2 atom stereocenters. The van der Waals surface area contributed by atoms with Gasteiger partial charge in [0.1, 0.15) is 24.6 Å². The van der Waals surface area contributed by atoms with Gasteiger partial charge < -0.3 is 28.8 Å². The Kier molecular flexibility index (Phi) is 101. The first-order chi connectivity index (χ1) is 15.3. The molecule has 0 bridgehead atoms. The minimum Gasteiger partial charge on any atom is -0.469 e. The largest absolute Gasteiger partial charge is 0.469 e. The molecule has 1 N–H and O–H groups in total. The third kappa shape index (κ3) is 67.2. The molecule has 0 aromatic heterocycles. The zero-order valence-electron chi connectivity index (χ0n) is 20.9. The Hall–Kier alpha value is -2.70. The van der Waals surface area contributed by atoms with Crippen LogP contribution in [0.4, 0.5) is 0 Å². The number of ether oxygens (including phenoxy) is 5. The highest BCUT2D eigenvalue weighted by Crippen LogP contribution is 2.02. The molecule has 0 rings (SSSR count). The standard InChI is InChI=1S/C10H16O5.C7H12O4.C3H6O2.CH4O.8CH4/c1-6(11)5-9(12)7(2)15-10(13)8(3)14-4;1-6(8)5-7(9)11-4-3-10-2;1-3(4)5-2;1-2;;;;;;;;/h7-8H,5H2,1-4H3;3-5H2,1-2H3;1-2H3;2H,1H3;8*1H4. The van der Waals surface area contributed by atoms with Gasteiger partial charge in [-0.05, 0) is 27.7 Å². The summed E-state index contributed by atoms with van der Waals surface area (Å²) >= 11 is 0. The van der Waals surface area contributed by atoms with E-state index in [0.29, 0.717) is 6.61 Å². The molecular formula is C29H70O12. The van der Waals surface area contributed by atoms with Gasteiger partial charge in [-0.1, -0.05) is 59.4 Å². The first-order valence-corrected chi connectivity index (χ1v) is 9.70. The van der Waals surface area contributed by atoms with E-state index in [9.17, 15) is 28.8 Å². The molecule has 0 aliphatic carbocycles. The fourth-order valence-electron chi connectivity index (χ4n) is 1.31. The van der Waals surface area contributed by atoms with Gasteiger partial charge in [0.05, 0.1) is 20.1 Å². The van der Waals surface area contributed by atoms with E-state index in [1.54, 1.807) is 0 Å². The molecular weight excluding hydrogens is 540 g/mol.